The minimum absolute atomic E-state index is 0. The normalized spacial score (nSPS) is 14.5. The molecule has 3 rings (SSSR count). The molecule has 1 fully saturated rings. The molecule has 1 atom stereocenters. The molecule has 0 aliphatic heterocycles. The lowest BCUT2D eigenvalue weighted by Crippen LogP contribution is -2.30. The molecule has 0 spiro atoms. The van der Waals surface area contributed by atoms with Crippen molar-refractivity contribution in [1.82, 2.24) is 15.3 Å². The lowest BCUT2D eigenvalue weighted by Gasteiger charge is -2.14. The Morgan fingerprint density at radius 2 is 2.09 bits per heavy atom. The van der Waals surface area contributed by atoms with Crippen LogP contribution in [-0.2, 0) is 6.42 Å². The fourth-order valence-electron chi connectivity index (χ4n) is 2.19. The smallest absolute Gasteiger partial charge is 0.271 e. The number of halogens is 2. The van der Waals surface area contributed by atoms with Gasteiger partial charge in [-0.3, -0.25) is 4.79 Å². The molecule has 2 aromatic rings. The van der Waals surface area contributed by atoms with Gasteiger partial charge in [-0.1, -0.05) is 0 Å². The van der Waals surface area contributed by atoms with Crippen LogP contribution >= 0.6 is 47.5 Å². The van der Waals surface area contributed by atoms with E-state index < -0.39 is 0 Å². The van der Waals surface area contributed by atoms with Crippen molar-refractivity contribution in [3.8, 4) is 0 Å². The van der Waals surface area contributed by atoms with Gasteiger partial charge in [-0.2, -0.15) is 0 Å². The first-order valence-corrected chi connectivity index (χ1v) is 8.80. The second-order valence-electron chi connectivity index (χ2n) is 5.28. The molecule has 3 N–H and O–H groups in total. The minimum atomic E-state index is -0.112. The lowest BCUT2D eigenvalue weighted by molar-refractivity contribution is 0.0927. The topological polar surface area (TPSA) is 80.9 Å². The third-order valence-corrected chi connectivity index (χ3v) is 5.38. The zero-order valence-electron chi connectivity index (χ0n) is 12.7. The van der Waals surface area contributed by atoms with E-state index in [1.807, 2.05) is 12.3 Å². The number of aromatic nitrogens is 2. The molecule has 0 radical (unpaired) electrons. The zero-order valence-corrected chi connectivity index (χ0v) is 15.9. The van der Waals surface area contributed by atoms with E-state index in [9.17, 15) is 4.79 Å². The Balaban J connectivity index is 0.00000132. The number of amides is 1. The summed E-state index contributed by atoms with van der Waals surface area (Å²) in [4.78, 5) is 21.2. The summed E-state index contributed by atoms with van der Waals surface area (Å²) < 4.78 is 0. The summed E-state index contributed by atoms with van der Waals surface area (Å²) in [6, 6.07) is 0.0239. The van der Waals surface area contributed by atoms with Crippen LogP contribution in [-0.4, -0.2) is 22.4 Å². The maximum absolute atomic E-state index is 12.4. The Hall–Kier alpha value is -0.730. The summed E-state index contributed by atoms with van der Waals surface area (Å²) in [6.45, 7) is 2.53. The second-order valence-corrected chi connectivity index (χ2v) is 7.11. The first-order chi connectivity index (χ1) is 10.2. The molecule has 2 heterocycles. The molecule has 9 heteroatoms. The number of thiazole rings is 2. The predicted molar refractivity (Wildman–Crippen MR) is 99.2 cm³/mol. The highest BCUT2D eigenvalue weighted by molar-refractivity contribution is 7.10. The van der Waals surface area contributed by atoms with E-state index in [0.29, 0.717) is 18.2 Å². The van der Waals surface area contributed by atoms with Gasteiger partial charge in [-0.15, -0.1) is 47.5 Å². The van der Waals surface area contributed by atoms with E-state index in [1.165, 1.54) is 11.3 Å². The molecule has 1 saturated carbocycles. The van der Waals surface area contributed by atoms with E-state index in [1.54, 1.807) is 16.7 Å². The van der Waals surface area contributed by atoms with Crippen molar-refractivity contribution < 1.29 is 4.79 Å². The summed E-state index contributed by atoms with van der Waals surface area (Å²) >= 11 is 3.10. The van der Waals surface area contributed by atoms with Crippen molar-refractivity contribution in [3.05, 3.63) is 32.2 Å². The van der Waals surface area contributed by atoms with Crippen LogP contribution < -0.4 is 11.1 Å². The quantitative estimate of drug-likeness (QED) is 0.788. The average molecular weight is 395 g/mol. The van der Waals surface area contributed by atoms with Crippen molar-refractivity contribution in [1.29, 1.82) is 0 Å². The van der Waals surface area contributed by atoms with Crippen LogP contribution in [0.1, 0.15) is 45.1 Å². The van der Waals surface area contributed by atoms with Gasteiger partial charge in [-0.25, -0.2) is 9.97 Å². The van der Waals surface area contributed by atoms with Gasteiger partial charge in [0.25, 0.3) is 5.91 Å². The zero-order chi connectivity index (χ0) is 14.8. The summed E-state index contributed by atoms with van der Waals surface area (Å²) in [5.74, 6) is 0.404. The number of carbonyl (C=O) groups excluding carboxylic acids is 1. The Labute approximate surface area is 155 Å². The van der Waals surface area contributed by atoms with Gasteiger partial charge < -0.3 is 11.1 Å². The number of nitrogens with zero attached hydrogens (tertiary/aromatic N) is 2. The summed E-state index contributed by atoms with van der Waals surface area (Å²) in [5.41, 5.74) is 7.01. The minimum Gasteiger partial charge on any atom is -0.341 e. The fraction of sp³-hybridized carbons (Fsp3) is 0.500. The highest BCUT2D eigenvalue weighted by Gasteiger charge is 2.35. The Morgan fingerprint density at radius 3 is 2.65 bits per heavy atom. The van der Waals surface area contributed by atoms with Crippen molar-refractivity contribution in [3.63, 3.8) is 0 Å². The van der Waals surface area contributed by atoms with E-state index >= 15 is 0 Å². The van der Waals surface area contributed by atoms with E-state index in [-0.39, 0.29) is 36.8 Å². The molecule has 128 valence electrons. The van der Waals surface area contributed by atoms with Gasteiger partial charge in [0.1, 0.15) is 10.7 Å². The molecule has 0 aromatic carbocycles. The number of carbonyl (C=O) groups is 1. The molecule has 1 aliphatic rings. The van der Waals surface area contributed by atoms with Crippen LogP contribution in [0.3, 0.4) is 0 Å². The van der Waals surface area contributed by atoms with Gasteiger partial charge in [0, 0.05) is 22.9 Å². The summed E-state index contributed by atoms with van der Waals surface area (Å²) in [6.07, 6.45) is 3.02. The molecule has 5 nitrogen and oxygen atoms in total. The molecule has 23 heavy (non-hydrogen) atoms. The van der Waals surface area contributed by atoms with E-state index in [2.05, 4.69) is 15.3 Å². The predicted octanol–water partition coefficient (Wildman–Crippen LogP) is 3.13. The maximum Gasteiger partial charge on any atom is 0.271 e. The molecule has 1 unspecified atom stereocenters. The number of rotatable bonds is 6. The highest BCUT2D eigenvalue weighted by Crippen LogP contribution is 2.42. The highest BCUT2D eigenvalue weighted by atomic mass is 35.5. The lowest BCUT2D eigenvalue weighted by atomic mass is 10.2. The number of hydrogen-bond donors (Lipinski definition) is 2. The van der Waals surface area contributed by atoms with Gasteiger partial charge in [0.15, 0.2) is 0 Å². The standard InChI is InChI=1S/C14H18N4OS2.2ClH/c1-8-6-21-14(16-8)12(9-2-3-9)18-13(19)10-7-20-11(17-10)4-5-15;;/h6-7,9,12H,2-5,15H2,1H3,(H,18,19);2*1H. The Bertz CT molecular complexity index is 642. The van der Waals surface area contributed by atoms with Gasteiger partial charge in [-0.05, 0) is 32.2 Å². The van der Waals surface area contributed by atoms with Crippen LogP contribution in [0, 0.1) is 12.8 Å². The Morgan fingerprint density at radius 1 is 1.35 bits per heavy atom. The average Bonchev–Trinajstić information content (AvgIpc) is 3.04. The largest absolute Gasteiger partial charge is 0.341 e. The van der Waals surface area contributed by atoms with Crippen LogP contribution in [0.15, 0.2) is 10.8 Å². The number of nitrogens with one attached hydrogen (secondary N) is 1. The van der Waals surface area contributed by atoms with Crippen LogP contribution in [0.2, 0.25) is 0 Å². The monoisotopic (exact) mass is 394 g/mol. The fourth-order valence-corrected chi connectivity index (χ4v) is 3.93. The van der Waals surface area contributed by atoms with Crippen molar-refractivity contribution >= 4 is 53.4 Å². The molecular weight excluding hydrogens is 375 g/mol. The molecule has 0 bridgehead atoms. The number of aryl methyl sites for hydroxylation is 1. The van der Waals surface area contributed by atoms with Crippen LogP contribution in [0.4, 0.5) is 0 Å². The number of hydrogen-bond acceptors (Lipinski definition) is 6. The molecule has 1 amide bonds. The van der Waals surface area contributed by atoms with Gasteiger partial charge >= 0.3 is 0 Å². The summed E-state index contributed by atoms with van der Waals surface area (Å²) in [5, 5.41) is 8.85. The van der Waals surface area contributed by atoms with E-state index in [4.69, 9.17) is 5.73 Å². The van der Waals surface area contributed by atoms with Crippen LogP contribution in [0.5, 0.6) is 0 Å². The summed E-state index contributed by atoms with van der Waals surface area (Å²) in [7, 11) is 0. The van der Waals surface area contributed by atoms with E-state index in [0.717, 1.165) is 35.0 Å². The van der Waals surface area contributed by atoms with Crippen LogP contribution in [0.25, 0.3) is 0 Å². The first kappa shape index (κ1) is 20.3. The SMILES string of the molecule is Cc1csc(C(NC(=O)c2csc(CCN)n2)C2CC2)n1.Cl.Cl. The van der Waals surface area contributed by atoms with Gasteiger partial charge in [0.05, 0.1) is 11.0 Å². The molecular formula is C14H20Cl2N4OS2. The third-order valence-electron chi connectivity index (χ3n) is 3.43. The third kappa shape index (κ3) is 5.12. The van der Waals surface area contributed by atoms with Crippen molar-refractivity contribution in [2.75, 3.05) is 6.54 Å². The van der Waals surface area contributed by atoms with Crippen molar-refractivity contribution in [2.45, 2.75) is 32.2 Å². The van der Waals surface area contributed by atoms with Crippen molar-refractivity contribution in [2.24, 2.45) is 11.7 Å². The Kier molecular flexibility index (Phi) is 7.89. The maximum atomic E-state index is 12.4. The molecule has 0 saturated heterocycles. The molecule has 2 aromatic heterocycles. The second kappa shape index (κ2) is 8.94. The molecule has 1 aliphatic carbocycles. The number of nitrogens with two attached hydrogens (primary N) is 1. The first-order valence-electron chi connectivity index (χ1n) is 7.04. The van der Waals surface area contributed by atoms with Gasteiger partial charge in [0.2, 0.25) is 0 Å².